The van der Waals surface area contributed by atoms with Crippen molar-refractivity contribution in [3.05, 3.63) is 41.5 Å². The van der Waals surface area contributed by atoms with Crippen molar-refractivity contribution in [1.82, 2.24) is 25.0 Å². The molecule has 2 aromatic rings. The number of H-pyrrole nitrogens is 1. The fraction of sp³-hybridized carbons (Fsp3) is 0.444. The molecule has 1 saturated heterocycles. The van der Waals surface area contributed by atoms with Gasteiger partial charge >= 0.3 is 0 Å². The van der Waals surface area contributed by atoms with Crippen molar-refractivity contribution in [3.63, 3.8) is 0 Å². The number of hydrogen-bond donors (Lipinski definition) is 1. The van der Waals surface area contributed by atoms with Crippen LogP contribution in [-0.4, -0.2) is 70.1 Å². The number of rotatable bonds is 5. The Balaban J connectivity index is 1.50. The van der Waals surface area contributed by atoms with E-state index in [1.165, 1.54) is 0 Å². The third-order valence-corrected chi connectivity index (χ3v) is 4.44. The van der Waals surface area contributed by atoms with Gasteiger partial charge in [0, 0.05) is 44.6 Å². The SMILES string of the molecule is COc1cccc(C(=O)N2CCN(C(=O)CCc3n[nH]c(C)n3)CC2)c1. The quantitative estimate of drug-likeness (QED) is 0.863. The van der Waals surface area contributed by atoms with E-state index in [0.29, 0.717) is 56.2 Å². The van der Waals surface area contributed by atoms with E-state index < -0.39 is 0 Å². The topological polar surface area (TPSA) is 91.4 Å². The van der Waals surface area contributed by atoms with Gasteiger partial charge in [-0.05, 0) is 25.1 Å². The number of piperazine rings is 1. The lowest BCUT2D eigenvalue weighted by molar-refractivity contribution is -0.132. The van der Waals surface area contributed by atoms with Gasteiger partial charge in [0.05, 0.1) is 7.11 Å². The van der Waals surface area contributed by atoms with Crippen molar-refractivity contribution in [2.75, 3.05) is 33.3 Å². The third kappa shape index (κ3) is 4.19. The van der Waals surface area contributed by atoms with Crippen LogP contribution in [0.2, 0.25) is 0 Å². The van der Waals surface area contributed by atoms with Crippen molar-refractivity contribution in [1.29, 1.82) is 0 Å². The molecule has 0 spiro atoms. The summed E-state index contributed by atoms with van der Waals surface area (Å²) in [4.78, 5) is 32.7. The van der Waals surface area contributed by atoms with Gasteiger partial charge in [-0.1, -0.05) is 6.07 Å². The third-order valence-electron chi connectivity index (χ3n) is 4.44. The van der Waals surface area contributed by atoms with E-state index in [1.807, 2.05) is 13.0 Å². The summed E-state index contributed by atoms with van der Waals surface area (Å²) in [5, 5.41) is 6.82. The molecular formula is C18H23N5O3. The Hall–Kier alpha value is -2.90. The molecule has 138 valence electrons. The van der Waals surface area contributed by atoms with E-state index in [9.17, 15) is 9.59 Å². The highest BCUT2D eigenvalue weighted by Gasteiger charge is 2.25. The molecule has 26 heavy (non-hydrogen) atoms. The summed E-state index contributed by atoms with van der Waals surface area (Å²) in [6.07, 6.45) is 0.896. The minimum atomic E-state index is -0.0350. The summed E-state index contributed by atoms with van der Waals surface area (Å²) in [5.41, 5.74) is 0.601. The van der Waals surface area contributed by atoms with E-state index in [2.05, 4.69) is 15.2 Å². The smallest absolute Gasteiger partial charge is 0.254 e. The molecule has 0 saturated carbocycles. The lowest BCUT2D eigenvalue weighted by Crippen LogP contribution is -2.50. The molecule has 1 aromatic heterocycles. The second-order valence-electron chi connectivity index (χ2n) is 6.24. The molecule has 0 bridgehead atoms. The Kier molecular flexibility index (Phi) is 5.50. The lowest BCUT2D eigenvalue weighted by Gasteiger charge is -2.35. The Morgan fingerprint density at radius 2 is 1.92 bits per heavy atom. The second kappa shape index (κ2) is 7.99. The normalized spacial score (nSPS) is 14.4. The Morgan fingerprint density at radius 1 is 1.19 bits per heavy atom. The minimum Gasteiger partial charge on any atom is -0.497 e. The van der Waals surface area contributed by atoms with Crippen LogP contribution in [0.25, 0.3) is 0 Å². The molecule has 1 fully saturated rings. The number of aryl methyl sites for hydroxylation is 2. The number of ether oxygens (including phenoxy) is 1. The van der Waals surface area contributed by atoms with Crippen LogP contribution in [0.5, 0.6) is 5.75 Å². The fourth-order valence-electron chi connectivity index (χ4n) is 2.98. The van der Waals surface area contributed by atoms with Crippen molar-refractivity contribution < 1.29 is 14.3 Å². The lowest BCUT2D eigenvalue weighted by atomic mass is 10.1. The summed E-state index contributed by atoms with van der Waals surface area (Å²) in [6.45, 7) is 3.98. The van der Waals surface area contributed by atoms with Gasteiger partial charge in [-0.15, -0.1) is 0 Å². The Morgan fingerprint density at radius 3 is 2.58 bits per heavy atom. The molecule has 8 heteroatoms. The van der Waals surface area contributed by atoms with Gasteiger partial charge in [0.2, 0.25) is 5.91 Å². The van der Waals surface area contributed by atoms with Crippen LogP contribution in [0.15, 0.2) is 24.3 Å². The molecule has 1 aliphatic heterocycles. The fourth-order valence-corrected chi connectivity index (χ4v) is 2.98. The van der Waals surface area contributed by atoms with Gasteiger partial charge in [0.25, 0.3) is 5.91 Å². The van der Waals surface area contributed by atoms with Crippen LogP contribution < -0.4 is 4.74 Å². The van der Waals surface area contributed by atoms with E-state index in [1.54, 1.807) is 35.1 Å². The number of benzene rings is 1. The number of aromatic amines is 1. The maximum Gasteiger partial charge on any atom is 0.254 e. The molecular weight excluding hydrogens is 334 g/mol. The van der Waals surface area contributed by atoms with Gasteiger partial charge in [-0.2, -0.15) is 5.10 Å². The van der Waals surface area contributed by atoms with Crippen LogP contribution >= 0.6 is 0 Å². The number of hydrogen-bond acceptors (Lipinski definition) is 5. The molecule has 3 rings (SSSR count). The van der Waals surface area contributed by atoms with Crippen LogP contribution in [-0.2, 0) is 11.2 Å². The number of carbonyl (C=O) groups excluding carboxylic acids is 2. The van der Waals surface area contributed by atoms with E-state index in [0.717, 1.165) is 5.82 Å². The average Bonchev–Trinajstić information content (AvgIpc) is 3.11. The first-order valence-electron chi connectivity index (χ1n) is 8.66. The van der Waals surface area contributed by atoms with Crippen molar-refractivity contribution >= 4 is 11.8 Å². The highest BCUT2D eigenvalue weighted by Crippen LogP contribution is 2.16. The average molecular weight is 357 g/mol. The van der Waals surface area contributed by atoms with Gasteiger partial charge in [0.1, 0.15) is 11.6 Å². The first kappa shape index (κ1) is 17.9. The highest BCUT2D eigenvalue weighted by molar-refractivity contribution is 5.94. The molecule has 1 aromatic carbocycles. The van der Waals surface area contributed by atoms with Crippen LogP contribution in [0.3, 0.4) is 0 Å². The molecule has 2 amide bonds. The Labute approximate surface area is 152 Å². The highest BCUT2D eigenvalue weighted by atomic mass is 16.5. The number of carbonyl (C=O) groups is 2. The molecule has 1 N–H and O–H groups in total. The first-order chi connectivity index (χ1) is 12.6. The number of methoxy groups -OCH3 is 1. The number of nitrogens with zero attached hydrogens (tertiary/aromatic N) is 4. The van der Waals surface area contributed by atoms with Crippen molar-refractivity contribution in [2.45, 2.75) is 19.8 Å². The summed E-state index contributed by atoms with van der Waals surface area (Å²) in [6, 6.07) is 7.12. The zero-order chi connectivity index (χ0) is 18.5. The molecule has 1 aliphatic rings. The molecule has 0 atom stereocenters. The number of amides is 2. The molecule has 0 unspecified atom stereocenters. The zero-order valence-corrected chi connectivity index (χ0v) is 15.1. The second-order valence-corrected chi connectivity index (χ2v) is 6.24. The van der Waals surface area contributed by atoms with Gasteiger partial charge in [-0.25, -0.2) is 4.98 Å². The summed E-state index contributed by atoms with van der Waals surface area (Å²) in [7, 11) is 1.58. The van der Waals surface area contributed by atoms with Gasteiger partial charge in [0.15, 0.2) is 5.82 Å². The summed E-state index contributed by atoms with van der Waals surface area (Å²) >= 11 is 0. The molecule has 0 radical (unpaired) electrons. The predicted octanol–water partition coefficient (Wildman–Crippen LogP) is 1.04. The minimum absolute atomic E-state index is 0.0350. The van der Waals surface area contributed by atoms with Crippen LogP contribution in [0, 0.1) is 6.92 Å². The zero-order valence-electron chi connectivity index (χ0n) is 15.1. The van der Waals surface area contributed by atoms with E-state index in [4.69, 9.17) is 4.74 Å². The Bertz CT molecular complexity index is 781. The maximum atomic E-state index is 12.6. The number of nitrogens with one attached hydrogen (secondary N) is 1. The monoisotopic (exact) mass is 357 g/mol. The van der Waals surface area contributed by atoms with Crippen molar-refractivity contribution in [3.8, 4) is 5.75 Å². The van der Waals surface area contributed by atoms with Gasteiger partial charge in [-0.3, -0.25) is 14.7 Å². The van der Waals surface area contributed by atoms with Crippen LogP contribution in [0.1, 0.15) is 28.4 Å². The summed E-state index contributed by atoms with van der Waals surface area (Å²) < 4.78 is 5.17. The predicted molar refractivity (Wildman–Crippen MR) is 94.9 cm³/mol. The van der Waals surface area contributed by atoms with E-state index >= 15 is 0 Å². The molecule has 2 heterocycles. The van der Waals surface area contributed by atoms with E-state index in [-0.39, 0.29) is 11.8 Å². The van der Waals surface area contributed by atoms with Crippen molar-refractivity contribution in [2.24, 2.45) is 0 Å². The van der Waals surface area contributed by atoms with Crippen LogP contribution in [0.4, 0.5) is 0 Å². The standard InChI is InChI=1S/C18H23N5O3/c1-13-19-16(21-20-13)6-7-17(24)22-8-10-23(11-9-22)18(25)14-4-3-5-15(12-14)26-2/h3-5,12H,6-11H2,1-2H3,(H,19,20,21). The first-order valence-corrected chi connectivity index (χ1v) is 8.66. The maximum absolute atomic E-state index is 12.6. The molecule has 0 aliphatic carbocycles. The molecule has 8 nitrogen and oxygen atoms in total. The largest absolute Gasteiger partial charge is 0.497 e. The number of aromatic nitrogens is 3. The summed E-state index contributed by atoms with van der Waals surface area (Å²) in [5.74, 6) is 2.10. The van der Waals surface area contributed by atoms with Gasteiger partial charge < -0.3 is 14.5 Å².